The Morgan fingerprint density at radius 1 is 1.50 bits per heavy atom. The number of hydrogen-bond donors (Lipinski definition) is 1. The van der Waals surface area contributed by atoms with E-state index >= 15 is 0 Å². The largest absolute Gasteiger partial charge is 0.310 e. The van der Waals surface area contributed by atoms with Gasteiger partial charge in [0.2, 0.25) is 0 Å². The van der Waals surface area contributed by atoms with Crippen molar-refractivity contribution >= 4 is 0 Å². The van der Waals surface area contributed by atoms with E-state index in [2.05, 4.69) is 31.2 Å². The molecule has 0 amide bonds. The number of nitrogens with one attached hydrogen (secondary N) is 1. The first kappa shape index (κ1) is 13.3. The minimum Gasteiger partial charge on any atom is -0.310 e. The fraction of sp³-hybridized carbons (Fsp3) is 0.714. The van der Waals surface area contributed by atoms with E-state index < -0.39 is 0 Å². The van der Waals surface area contributed by atoms with E-state index in [1.54, 1.807) is 4.68 Å². The van der Waals surface area contributed by atoms with Gasteiger partial charge in [0.1, 0.15) is 0 Å². The van der Waals surface area contributed by atoms with Gasteiger partial charge in [0.25, 0.3) is 5.56 Å². The fourth-order valence-electron chi connectivity index (χ4n) is 1.93. The van der Waals surface area contributed by atoms with Gasteiger partial charge in [0, 0.05) is 24.7 Å². The van der Waals surface area contributed by atoms with Crippen LogP contribution in [0.1, 0.15) is 57.2 Å². The summed E-state index contributed by atoms with van der Waals surface area (Å²) in [4.78, 5) is 12.2. The molecule has 4 heteroatoms. The first-order chi connectivity index (χ1) is 8.61. The van der Waals surface area contributed by atoms with E-state index in [0.29, 0.717) is 25.0 Å². The molecule has 0 unspecified atom stereocenters. The molecular formula is C14H23N3O. The maximum absolute atomic E-state index is 12.2. The lowest BCUT2D eigenvalue weighted by Gasteiger charge is -2.12. The van der Waals surface area contributed by atoms with E-state index in [1.165, 1.54) is 12.8 Å². The average Bonchev–Trinajstić information content (AvgIpc) is 3.14. The molecule has 1 aromatic heterocycles. The van der Waals surface area contributed by atoms with Crippen LogP contribution in [0.25, 0.3) is 0 Å². The minimum atomic E-state index is 0.0643. The summed E-state index contributed by atoms with van der Waals surface area (Å²) in [6.45, 7) is 7.67. The highest BCUT2D eigenvalue weighted by Crippen LogP contribution is 2.19. The van der Waals surface area contributed by atoms with Crippen LogP contribution < -0.4 is 10.9 Å². The van der Waals surface area contributed by atoms with E-state index in [4.69, 9.17) is 0 Å². The molecule has 100 valence electrons. The molecule has 0 bridgehead atoms. The summed E-state index contributed by atoms with van der Waals surface area (Å²) in [5.74, 6) is 0.355. The summed E-state index contributed by atoms with van der Waals surface area (Å²) < 4.78 is 1.62. The number of aryl methyl sites for hydroxylation is 1. The predicted octanol–water partition coefficient (Wildman–Crippen LogP) is 2.03. The zero-order valence-corrected chi connectivity index (χ0v) is 11.6. The van der Waals surface area contributed by atoms with Crippen molar-refractivity contribution in [1.82, 2.24) is 15.1 Å². The van der Waals surface area contributed by atoms with E-state index in [-0.39, 0.29) is 5.56 Å². The standard InChI is InChI=1S/C14H23N3O/c1-4-7-17-14(18)11(9-15-12-5-6-12)8-13(16-17)10(2)3/h8,10,12,15H,4-7,9H2,1-3H3. The van der Waals surface area contributed by atoms with Crippen molar-refractivity contribution in [3.05, 3.63) is 27.7 Å². The predicted molar refractivity (Wildman–Crippen MR) is 72.7 cm³/mol. The highest BCUT2D eigenvalue weighted by molar-refractivity contribution is 5.16. The molecule has 4 nitrogen and oxygen atoms in total. The molecule has 18 heavy (non-hydrogen) atoms. The van der Waals surface area contributed by atoms with Crippen LogP contribution in [0.4, 0.5) is 0 Å². The zero-order valence-electron chi connectivity index (χ0n) is 11.6. The Labute approximate surface area is 108 Å². The van der Waals surface area contributed by atoms with Gasteiger partial charge in [-0.2, -0.15) is 5.10 Å². The third-order valence-electron chi connectivity index (χ3n) is 3.25. The Hall–Kier alpha value is -1.16. The highest BCUT2D eigenvalue weighted by Gasteiger charge is 2.21. The van der Waals surface area contributed by atoms with Gasteiger partial charge >= 0.3 is 0 Å². The van der Waals surface area contributed by atoms with Crippen molar-refractivity contribution in [3.63, 3.8) is 0 Å². The molecule has 2 rings (SSSR count). The molecule has 1 saturated carbocycles. The Balaban J connectivity index is 2.25. The quantitative estimate of drug-likeness (QED) is 0.839. The molecule has 1 aromatic rings. The molecule has 0 spiro atoms. The van der Waals surface area contributed by atoms with Crippen LogP contribution in [0.5, 0.6) is 0 Å². The second-order valence-electron chi connectivity index (χ2n) is 5.43. The van der Waals surface area contributed by atoms with Crippen LogP contribution in [0, 0.1) is 0 Å². The van der Waals surface area contributed by atoms with Gasteiger partial charge in [-0.15, -0.1) is 0 Å². The Morgan fingerprint density at radius 2 is 2.22 bits per heavy atom. The molecule has 1 fully saturated rings. The lowest BCUT2D eigenvalue weighted by atomic mass is 10.1. The summed E-state index contributed by atoms with van der Waals surface area (Å²) in [6, 6.07) is 2.59. The first-order valence-electron chi connectivity index (χ1n) is 6.96. The van der Waals surface area contributed by atoms with Crippen LogP contribution in [-0.2, 0) is 13.1 Å². The number of nitrogens with zero attached hydrogens (tertiary/aromatic N) is 2. The van der Waals surface area contributed by atoms with Gasteiger partial charge in [0.05, 0.1) is 5.69 Å². The maximum Gasteiger partial charge on any atom is 0.271 e. The third kappa shape index (κ3) is 3.19. The lowest BCUT2D eigenvalue weighted by Crippen LogP contribution is -2.30. The van der Waals surface area contributed by atoms with Crippen molar-refractivity contribution in [2.24, 2.45) is 0 Å². The second kappa shape index (κ2) is 5.65. The Morgan fingerprint density at radius 3 is 2.78 bits per heavy atom. The lowest BCUT2D eigenvalue weighted by molar-refractivity contribution is 0.535. The summed E-state index contributed by atoms with van der Waals surface area (Å²) in [7, 11) is 0. The van der Waals surface area contributed by atoms with Gasteiger partial charge in [-0.05, 0) is 31.2 Å². The summed E-state index contributed by atoms with van der Waals surface area (Å²) in [5, 5.41) is 7.85. The molecule has 0 radical (unpaired) electrons. The SMILES string of the molecule is CCCn1nc(C(C)C)cc(CNC2CC2)c1=O. The van der Waals surface area contributed by atoms with E-state index in [9.17, 15) is 4.79 Å². The van der Waals surface area contributed by atoms with Gasteiger partial charge in [-0.3, -0.25) is 4.79 Å². The molecule has 1 aliphatic rings. The highest BCUT2D eigenvalue weighted by atomic mass is 16.1. The van der Waals surface area contributed by atoms with Crippen molar-refractivity contribution in [2.45, 2.75) is 65.1 Å². The van der Waals surface area contributed by atoms with Gasteiger partial charge in [0.15, 0.2) is 0 Å². The molecule has 0 aliphatic heterocycles. The summed E-state index contributed by atoms with van der Waals surface area (Å²) in [6.07, 6.45) is 3.42. The molecule has 0 atom stereocenters. The average molecular weight is 249 g/mol. The van der Waals surface area contributed by atoms with Crippen LogP contribution in [0.3, 0.4) is 0 Å². The molecule has 0 saturated heterocycles. The fourth-order valence-corrected chi connectivity index (χ4v) is 1.93. The van der Waals surface area contributed by atoms with Crippen molar-refractivity contribution < 1.29 is 0 Å². The van der Waals surface area contributed by atoms with Gasteiger partial charge in [-0.25, -0.2) is 4.68 Å². The summed E-state index contributed by atoms with van der Waals surface area (Å²) in [5.41, 5.74) is 1.93. The third-order valence-corrected chi connectivity index (χ3v) is 3.25. The number of aromatic nitrogens is 2. The van der Waals surface area contributed by atoms with Crippen LogP contribution in [0.2, 0.25) is 0 Å². The minimum absolute atomic E-state index is 0.0643. The Bertz CT molecular complexity index is 461. The topological polar surface area (TPSA) is 46.9 Å². The summed E-state index contributed by atoms with van der Waals surface area (Å²) >= 11 is 0. The molecule has 1 heterocycles. The zero-order chi connectivity index (χ0) is 13.1. The van der Waals surface area contributed by atoms with Gasteiger partial charge < -0.3 is 5.32 Å². The van der Waals surface area contributed by atoms with Crippen LogP contribution in [-0.4, -0.2) is 15.8 Å². The smallest absolute Gasteiger partial charge is 0.271 e. The maximum atomic E-state index is 12.2. The molecule has 1 aliphatic carbocycles. The first-order valence-corrected chi connectivity index (χ1v) is 6.96. The molecule has 1 N–H and O–H groups in total. The van der Waals surface area contributed by atoms with Crippen molar-refractivity contribution in [2.75, 3.05) is 0 Å². The molecule has 0 aromatic carbocycles. The van der Waals surface area contributed by atoms with E-state index in [1.807, 2.05) is 6.07 Å². The van der Waals surface area contributed by atoms with E-state index in [0.717, 1.165) is 17.7 Å². The number of rotatable bonds is 6. The second-order valence-corrected chi connectivity index (χ2v) is 5.43. The number of hydrogen-bond acceptors (Lipinski definition) is 3. The Kier molecular flexibility index (Phi) is 4.17. The van der Waals surface area contributed by atoms with Crippen molar-refractivity contribution in [3.8, 4) is 0 Å². The van der Waals surface area contributed by atoms with Crippen LogP contribution in [0.15, 0.2) is 10.9 Å². The van der Waals surface area contributed by atoms with Crippen LogP contribution >= 0.6 is 0 Å². The van der Waals surface area contributed by atoms with Crippen molar-refractivity contribution in [1.29, 1.82) is 0 Å². The normalized spacial score (nSPS) is 15.3. The monoisotopic (exact) mass is 249 g/mol. The molecular weight excluding hydrogens is 226 g/mol. The van der Waals surface area contributed by atoms with Gasteiger partial charge in [-0.1, -0.05) is 20.8 Å².